The van der Waals surface area contributed by atoms with Crippen LogP contribution in [-0.2, 0) is 0 Å². The fourth-order valence-corrected chi connectivity index (χ4v) is 2.40. The molecule has 0 aliphatic carbocycles. The van der Waals surface area contributed by atoms with Crippen molar-refractivity contribution in [1.82, 2.24) is 0 Å². The molecular formula is C16H17ClFNO. The van der Waals surface area contributed by atoms with Crippen LogP contribution in [0, 0.1) is 19.7 Å². The van der Waals surface area contributed by atoms with E-state index in [9.17, 15) is 4.39 Å². The first-order valence-corrected chi connectivity index (χ1v) is 6.83. The van der Waals surface area contributed by atoms with Crippen molar-refractivity contribution in [2.45, 2.75) is 13.8 Å². The maximum Gasteiger partial charge on any atom is 0.146 e. The molecule has 0 radical (unpaired) electrons. The van der Waals surface area contributed by atoms with E-state index in [0.717, 1.165) is 16.9 Å². The van der Waals surface area contributed by atoms with Crippen molar-refractivity contribution < 1.29 is 9.13 Å². The number of para-hydroxylation sites is 1. The molecule has 0 aromatic heterocycles. The molecule has 0 amide bonds. The van der Waals surface area contributed by atoms with Crippen molar-refractivity contribution in [3.63, 3.8) is 0 Å². The lowest BCUT2D eigenvalue weighted by molar-refractivity contribution is 0.328. The lowest BCUT2D eigenvalue weighted by atomic mass is 10.1. The van der Waals surface area contributed by atoms with Crippen LogP contribution in [0.15, 0.2) is 36.4 Å². The first kappa shape index (κ1) is 14.7. The van der Waals surface area contributed by atoms with E-state index in [1.165, 1.54) is 6.07 Å². The number of nitrogens with one attached hydrogen (secondary N) is 1. The minimum absolute atomic E-state index is 0.258. The highest BCUT2D eigenvalue weighted by molar-refractivity contribution is 6.30. The van der Waals surface area contributed by atoms with Crippen molar-refractivity contribution in [3.05, 3.63) is 58.4 Å². The molecule has 0 heterocycles. The predicted octanol–water partition coefficient (Wildman–Crippen LogP) is 4.59. The minimum atomic E-state index is -0.258. The van der Waals surface area contributed by atoms with Crippen LogP contribution in [0.1, 0.15) is 11.1 Å². The van der Waals surface area contributed by atoms with E-state index in [1.807, 2.05) is 26.0 Å². The van der Waals surface area contributed by atoms with Gasteiger partial charge in [0.05, 0.1) is 5.69 Å². The van der Waals surface area contributed by atoms with Gasteiger partial charge >= 0.3 is 0 Å². The molecule has 20 heavy (non-hydrogen) atoms. The molecule has 2 nitrogen and oxygen atoms in total. The third-order valence-corrected chi connectivity index (χ3v) is 3.18. The number of benzene rings is 2. The average molecular weight is 294 g/mol. The Morgan fingerprint density at radius 2 is 1.80 bits per heavy atom. The number of ether oxygens (including phenoxy) is 1. The second kappa shape index (κ2) is 6.62. The molecule has 0 bridgehead atoms. The summed E-state index contributed by atoms with van der Waals surface area (Å²) in [6.45, 7) is 4.90. The van der Waals surface area contributed by atoms with Crippen molar-refractivity contribution in [3.8, 4) is 5.75 Å². The monoisotopic (exact) mass is 293 g/mol. The zero-order chi connectivity index (χ0) is 14.5. The normalized spacial score (nSPS) is 10.4. The van der Waals surface area contributed by atoms with Crippen LogP contribution in [0.3, 0.4) is 0 Å². The van der Waals surface area contributed by atoms with Gasteiger partial charge in [-0.25, -0.2) is 4.39 Å². The van der Waals surface area contributed by atoms with Crippen molar-refractivity contribution in [1.29, 1.82) is 0 Å². The number of halogens is 2. The summed E-state index contributed by atoms with van der Waals surface area (Å²) >= 11 is 5.97. The molecule has 0 fully saturated rings. The molecule has 106 valence electrons. The molecule has 0 aliphatic heterocycles. The van der Waals surface area contributed by atoms with E-state index < -0.39 is 0 Å². The maximum atomic E-state index is 13.4. The Kier molecular flexibility index (Phi) is 4.85. The van der Waals surface area contributed by atoms with Gasteiger partial charge in [0.1, 0.15) is 18.2 Å². The zero-order valence-corrected chi connectivity index (χ0v) is 12.3. The predicted molar refractivity (Wildman–Crippen MR) is 81.3 cm³/mol. The van der Waals surface area contributed by atoms with Crippen molar-refractivity contribution >= 4 is 17.3 Å². The molecule has 0 atom stereocenters. The average Bonchev–Trinajstić information content (AvgIpc) is 2.38. The number of hydrogen-bond acceptors (Lipinski definition) is 2. The highest BCUT2D eigenvalue weighted by atomic mass is 35.5. The lowest BCUT2D eigenvalue weighted by Gasteiger charge is -2.13. The summed E-state index contributed by atoms with van der Waals surface area (Å²) in [6, 6.07) is 10.3. The molecule has 0 saturated carbocycles. The Hall–Kier alpha value is -1.74. The highest BCUT2D eigenvalue weighted by Crippen LogP contribution is 2.26. The van der Waals surface area contributed by atoms with E-state index in [2.05, 4.69) is 5.32 Å². The summed E-state index contributed by atoms with van der Waals surface area (Å²) in [5.41, 5.74) is 2.49. The topological polar surface area (TPSA) is 21.3 Å². The van der Waals surface area contributed by atoms with E-state index >= 15 is 0 Å². The van der Waals surface area contributed by atoms with E-state index in [1.54, 1.807) is 18.2 Å². The molecule has 0 saturated heterocycles. The molecule has 0 aliphatic rings. The van der Waals surface area contributed by atoms with Gasteiger partial charge in [0.2, 0.25) is 0 Å². The van der Waals surface area contributed by atoms with Gasteiger partial charge in [-0.15, -0.1) is 0 Å². The van der Waals surface area contributed by atoms with Crippen LogP contribution in [0.4, 0.5) is 10.1 Å². The third kappa shape index (κ3) is 3.64. The number of anilines is 1. The van der Waals surface area contributed by atoms with Crippen LogP contribution >= 0.6 is 11.6 Å². The molecule has 0 spiro atoms. The Morgan fingerprint density at radius 3 is 2.45 bits per heavy atom. The van der Waals surface area contributed by atoms with Gasteiger partial charge in [0.25, 0.3) is 0 Å². The van der Waals surface area contributed by atoms with E-state index in [0.29, 0.717) is 23.9 Å². The van der Waals surface area contributed by atoms with Gasteiger partial charge in [-0.1, -0.05) is 23.7 Å². The fraction of sp³-hybridized carbons (Fsp3) is 0.250. The number of rotatable bonds is 5. The highest BCUT2D eigenvalue weighted by Gasteiger charge is 2.06. The maximum absolute atomic E-state index is 13.4. The minimum Gasteiger partial charge on any atom is -0.491 e. The smallest absolute Gasteiger partial charge is 0.146 e. The first-order valence-electron chi connectivity index (χ1n) is 6.46. The van der Waals surface area contributed by atoms with Gasteiger partial charge in [-0.05, 0) is 49.2 Å². The van der Waals surface area contributed by atoms with Gasteiger partial charge in [0.15, 0.2) is 0 Å². The Bertz CT molecular complexity index is 578. The molecule has 2 rings (SSSR count). The van der Waals surface area contributed by atoms with Gasteiger partial charge in [0, 0.05) is 11.6 Å². The fourth-order valence-electron chi connectivity index (χ4n) is 2.07. The van der Waals surface area contributed by atoms with Crippen LogP contribution in [0.5, 0.6) is 5.75 Å². The summed E-state index contributed by atoms with van der Waals surface area (Å²) in [5, 5.41) is 3.71. The van der Waals surface area contributed by atoms with Crippen LogP contribution < -0.4 is 10.1 Å². The molecule has 1 N–H and O–H groups in total. The summed E-state index contributed by atoms with van der Waals surface area (Å²) in [5.74, 6) is 0.580. The molecule has 2 aromatic carbocycles. The quantitative estimate of drug-likeness (QED) is 0.814. The third-order valence-electron chi connectivity index (χ3n) is 2.96. The summed E-state index contributed by atoms with van der Waals surface area (Å²) < 4.78 is 19.1. The Balaban J connectivity index is 1.90. The Morgan fingerprint density at radius 1 is 1.15 bits per heavy atom. The molecular weight excluding hydrogens is 277 g/mol. The van der Waals surface area contributed by atoms with Crippen LogP contribution in [0.25, 0.3) is 0 Å². The lowest BCUT2D eigenvalue weighted by Crippen LogP contribution is -2.13. The molecule has 2 aromatic rings. The van der Waals surface area contributed by atoms with E-state index in [4.69, 9.17) is 16.3 Å². The first-order chi connectivity index (χ1) is 9.58. The second-order valence-corrected chi connectivity index (χ2v) is 5.06. The summed E-state index contributed by atoms with van der Waals surface area (Å²) in [4.78, 5) is 0. The standard InChI is InChI=1S/C16H17ClFNO/c1-11-9-13(17)10-12(2)16(11)20-8-7-19-15-6-4-3-5-14(15)18/h3-6,9-10,19H,7-8H2,1-2H3. The number of aryl methyl sites for hydroxylation is 2. The molecule has 4 heteroatoms. The van der Waals surface area contributed by atoms with Gasteiger partial charge in [-0.2, -0.15) is 0 Å². The zero-order valence-electron chi connectivity index (χ0n) is 11.5. The number of hydrogen-bond donors (Lipinski definition) is 1. The van der Waals surface area contributed by atoms with Crippen LogP contribution in [-0.4, -0.2) is 13.2 Å². The van der Waals surface area contributed by atoms with Crippen molar-refractivity contribution in [2.75, 3.05) is 18.5 Å². The Labute approximate surface area is 123 Å². The largest absolute Gasteiger partial charge is 0.491 e. The van der Waals surface area contributed by atoms with E-state index in [-0.39, 0.29) is 5.82 Å². The van der Waals surface area contributed by atoms with Gasteiger partial charge < -0.3 is 10.1 Å². The molecule has 0 unspecified atom stereocenters. The van der Waals surface area contributed by atoms with Crippen molar-refractivity contribution in [2.24, 2.45) is 0 Å². The SMILES string of the molecule is Cc1cc(Cl)cc(C)c1OCCNc1ccccc1F. The van der Waals surface area contributed by atoms with Gasteiger partial charge in [-0.3, -0.25) is 0 Å². The second-order valence-electron chi connectivity index (χ2n) is 4.62. The summed E-state index contributed by atoms with van der Waals surface area (Å²) in [7, 11) is 0. The summed E-state index contributed by atoms with van der Waals surface area (Å²) in [6.07, 6.45) is 0. The van der Waals surface area contributed by atoms with Crippen LogP contribution in [0.2, 0.25) is 5.02 Å².